The zero-order valence-electron chi connectivity index (χ0n) is 34.0. The standard InChI is InChI=1S/C45H60N6O6/c1-29(2)18-21-36(52)24-41(53)48-51(25-33-19-20-34-22-38(33)45(34,4)5)43(55)39(47-44(56)57-27-31-12-7-6-8-13-31)23-35-26-49(42(54)30(3)46)28-50(35)40-17-11-15-32-14-9-10-16-37(32)40/h6-17,26,29-30,33-34,36,38-39,52H,18-25,27-28,46H2,1-5H3,(H,47,56)(H,48,53)/t30-,33?,34?,36-,38?,39-/m0/s1. The van der Waals surface area contributed by atoms with Crippen LogP contribution in [-0.2, 0) is 25.7 Å². The highest BCUT2D eigenvalue weighted by atomic mass is 16.5. The highest BCUT2D eigenvalue weighted by Gasteiger charge is 2.54. The van der Waals surface area contributed by atoms with Gasteiger partial charge in [0, 0.05) is 30.2 Å². The summed E-state index contributed by atoms with van der Waals surface area (Å²) in [4.78, 5) is 59.1. The fourth-order valence-corrected chi connectivity index (χ4v) is 8.91. The predicted octanol–water partition coefficient (Wildman–Crippen LogP) is 6.44. The van der Waals surface area contributed by atoms with Crippen molar-refractivity contribution in [2.75, 3.05) is 18.1 Å². The molecule has 0 aromatic heterocycles. The van der Waals surface area contributed by atoms with Gasteiger partial charge in [-0.3, -0.25) is 29.7 Å². The molecular formula is C45H60N6O6. The first-order valence-corrected chi connectivity index (χ1v) is 20.5. The van der Waals surface area contributed by atoms with Crippen molar-refractivity contribution in [2.45, 2.75) is 104 Å². The summed E-state index contributed by atoms with van der Waals surface area (Å²) in [6.45, 7) is 10.7. The predicted molar refractivity (Wildman–Crippen MR) is 221 cm³/mol. The monoisotopic (exact) mass is 780 g/mol. The summed E-state index contributed by atoms with van der Waals surface area (Å²) >= 11 is 0. The molecule has 3 aromatic rings. The molecule has 3 aromatic carbocycles. The van der Waals surface area contributed by atoms with Gasteiger partial charge in [-0.15, -0.1) is 0 Å². The number of nitrogens with two attached hydrogens (primary N) is 1. The minimum atomic E-state index is -1.21. The molecule has 3 fully saturated rings. The van der Waals surface area contributed by atoms with Crippen molar-refractivity contribution < 1.29 is 29.0 Å². The van der Waals surface area contributed by atoms with E-state index in [1.54, 1.807) is 13.1 Å². The number of hydrogen-bond acceptors (Lipinski definition) is 8. The van der Waals surface area contributed by atoms with Gasteiger partial charge in [0.2, 0.25) is 11.8 Å². The number of fused-ring (bicyclic) bond motifs is 3. The van der Waals surface area contributed by atoms with Crippen LogP contribution in [0.25, 0.3) is 10.8 Å². The summed E-state index contributed by atoms with van der Waals surface area (Å²) in [7, 11) is 0. The molecule has 2 bridgehead atoms. The van der Waals surface area contributed by atoms with Gasteiger partial charge in [-0.2, -0.15) is 0 Å². The molecule has 1 aliphatic heterocycles. The summed E-state index contributed by atoms with van der Waals surface area (Å²) < 4.78 is 5.64. The number of hydrogen-bond donors (Lipinski definition) is 4. The molecule has 4 aliphatic rings. The zero-order valence-corrected chi connectivity index (χ0v) is 34.0. The summed E-state index contributed by atoms with van der Waals surface area (Å²) in [6.07, 6.45) is 4.10. The molecule has 12 heteroatoms. The minimum absolute atomic E-state index is 0.0101. The molecule has 6 atom stereocenters. The second-order valence-corrected chi connectivity index (χ2v) is 17.3. The van der Waals surface area contributed by atoms with E-state index in [1.807, 2.05) is 77.7 Å². The number of nitrogens with zero attached hydrogens (tertiary/aromatic N) is 3. The van der Waals surface area contributed by atoms with Gasteiger partial charge in [0.05, 0.1) is 24.3 Å². The average molecular weight is 781 g/mol. The maximum atomic E-state index is 15.0. The third-order valence-electron chi connectivity index (χ3n) is 12.3. The topological polar surface area (TPSA) is 158 Å². The van der Waals surface area contributed by atoms with Gasteiger partial charge >= 0.3 is 6.09 Å². The summed E-state index contributed by atoms with van der Waals surface area (Å²) in [5, 5.41) is 16.9. The Hall–Kier alpha value is -4.94. The number of nitrogens with one attached hydrogen (secondary N) is 2. The first kappa shape index (κ1) is 41.7. The molecule has 7 rings (SSSR count). The lowest BCUT2D eigenvalue weighted by Gasteiger charge is -2.60. The fourth-order valence-electron chi connectivity index (χ4n) is 8.91. The molecule has 57 heavy (non-hydrogen) atoms. The molecule has 5 N–H and O–H groups in total. The molecule has 3 unspecified atom stereocenters. The Bertz CT molecular complexity index is 1920. The number of amides is 4. The molecule has 0 saturated heterocycles. The average Bonchev–Trinajstić information content (AvgIpc) is 3.61. The number of benzene rings is 3. The summed E-state index contributed by atoms with van der Waals surface area (Å²) in [5.74, 6) is 0.218. The third kappa shape index (κ3) is 9.96. The SMILES string of the molecule is CC(C)CC[C@H](O)CC(=O)NN(CC1CCC2CC1C2(C)C)C(=O)[C@H](CC1=CN(C(=O)[C@H](C)N)CN1c1cccc2ccccc12)NC(=O)OCc1ccccc1. The molecule has 0 spiro atoms. The number of aliphatic hydroxyl groups is 1. The van der Waals surface area contributed by atoms with Crippen molar-refractivity contribution in [1.82, 2.24) is 20.7 Å². The largest absolute Gasteiger partial charge is 0.445 e. The minimum Gasteiger partial charge on any atom is -0.445 e. The van der Waals surface area contributed by atoms with E-state index in [4.69, 9.17) is 10.5 Å². The van der Waals surface area contributed by atoms with E-state index < -0.39 is 36.1 Å². The molecule has 12 nitrogen and oxygen atoms in total. The maximum Gasteiger partial charge on any atom is 0.408 e. The zero-order chi connectivity index (χ0) is 40.9. The molecule has 3 aliphatic carbocycles. The second-order valence-electron chi connectivity index (χ2n) is 17.3. The summed E-state index contributed by atoms with van der Waals surface area (Å²) in [6, 6.07) is 21.1. The summed E-state index contributed by atoms with van der Waals surface area (Å²) in [5.41, 5.74) is 11.3. The van der Waals surface area contributed by atoms with E-state index in [1.165, 1.54) is 9.91 Å². The van der Waals surface area contributed by atoms with E-state index in [-0.39, 0.29) is 49.9 Å². The smallest absolute Gasteiger partial charge is 0.408 e. The second kappa shape index (κ2) is 18.1. The van der Waals surface area contributed by atoms with E-state index in [2.05, 4.69) is 38.4 Å². The van der Waals surface area contributed by atoms with Gasteiger partial charge in [0.25, 0.3) is 5.91 Å². The van der Waals surface area contributed by atoms with Crippen molar-refractivity contribution >= 4 is 40.3 Å². The van der Waals surface area contributed by atoms with Gasteiger partial charge in [0.1, 0.15) is 19.3 Å². The number of anilines is 1. The van der Waals surface area contributed by atoms with E-state index in [9.17, 15) is 19.5 Å². The van der Waals surface area contributed by atoms with E-state index in [0.717, 1.165) is 47.7 Å². The van der Waals surface area contributed by atoms with Crippen LogP contribution in [-0.4, -0.2) is 70.2 Å². The number of alkyl carbamates (subject to hydrolysis) is 1. The van der Waals surface area contributed by atoms with Crippen molar-refractivity contribution in [3.8, 4) is 0 Å². The Morgan fingerprint density at radius 2 is 1.68 bits per heavy atom. The number of rotatable bonds is 15. The molecule has 4 amide bonds. The Balaban J connectivity index is 1.33. The van der Waals surface area contributed by atoms with Crippen LogP contribution in [0.3, 0.4) is 0 Å². The van der Waals surface area contributed by atoms with Crippen LogP contribution in [0.4, 0.5) is 10.5 Å². The molecule has 306 valence electrons. The highest BCUT2D eigenvalue weighted by molar-refractivity contribution is 5.96. The van der Waals surface area contributed by atoms with Gasteiger partial charge in [-0.1, -0.05) is 94.4 Å². The number of carbonyl (C=O) groups excluding carboxylic acids is 4. The normalized spacial score (nSPS) is 21.3. The lowest BCUT2D eigenvalue weighted by Crippen LogP contribution is -2.60. The Morgan fingerprint density at radius 1 is 0.965 bits per heavy atom. The number of hydrazine groups is 1. The number of ether oxygens (including phenoxy) is 1. The maximum absolute atomic E-state index is 15.0. The fraction of sp³-hybridized carbons (Fsp3) is 0.511. The number of aliphatic hydroxyl groups excluding tert-OH is 1. The van der Waals surface area contributed by atoms with Crippen LogP contribution in [0, 0.1) is 29.1 Å². The first-order valence-electron chi connectivity index (χ1n) is 20.5. The van der Waals surface area contributed by atoms with Gasteiger partial charge in [-0.25, -0.2) is 4.79 Å². The quantitative estimate of drug-likeness (QED) is 0.129. The van der Waals surface area contributed by atoms with Crippen molar-refractivity contribution in [1.29, 1.82) is 0 Å². The van der Waals surface area contributed by atoms with Gasteiger partial charge in [-0.05, 0) is 85.1 Å². The first-order chi connectivity index (χ1) is 27.2. The van der Waals surface area contributed by atoms with Crippen LogP contribution in [0.5, 0.6) is 0 Å². The lowest BCUT2D eigenvalue weighted by molar-refractivity contribution is -0.151. The number of carbonyl (C=O) groups is 4. The van der Waals surface area contributed by atoms with E-state index in [0.29, 0.717) is 29.9 Å². The Morgan fingerprint density at radius 3 is 2.39 bits per heavy atom. The van der Waals surface area contributed by atoms with Crippen molar-refractivity contribution in [2.24, 2.45) is 34.8 Å². The van der Waals surface area contributed by atoms with Crippen LogP contribution < -0.4 is 21.4 Å². The van der Waals surface area contributed by atoms with Gasteiger partial charge < -0.3 is 25.8 Å². The van der Waals surface area contributed by atoms with Crippen LogP contribution in [0.2, 0.25) is 0 Å². The van der Waals surface area contributed by atoms with Crippen molar-refractivity contribution in [3.63, 3.8) is 0 Å². The Labute approximate surface area is 336 Å². The van der Waals surface area contributed by atoms with Crippen LogP contribution in [0.1, 0.15) is 85.1 Å². The Kier molecular flexibility index (Phi) is 13.2. The van der Waals surface area contributed by atoms with E-state index >= 15 is 4.79 Å². The lowest BCUT2D eigenvalue weighted by atomic mass is 9.45. The highest BCUT2D eigenvalue weighted by Crippen LogP contribution is 2.61. The van der Waals surface area contributed by atoms with Crippen LogP contribution in [0.15, 0.2) is 84.7 Å². The van der Waals surface area contributed by atoms with Gasteiger partial charge in [0.15, 0.2) is 0 Å². The molecule has 3 saturated carbocycles. The third-order valence-corrected chi connectivity index (χ3v) is 12.3. The van der Waals surface area contributed by atoms with Crippen molar-refractivity contribution in [3.05, 3.63) is 90.3 Å². The van der Waals surface area contributed by atoms with Crippen LogP contribution >= 0.6 is 0 Å². The molecule has 1 heterocycles. The molecular weight excluding hydrogens is 721 g/mol. The molecule has 0 radical (unpaired) electrons.